The molecule has 1 aliphatic heterocycles. The van der Waals surface area contributed by atoms with E-state index in [1.165, 1.54) is 0 Å². The zero-order valence-corrected chi connectivity index (χ0v) is 7.78. The number of aliphatic hydroxyl groups is 3. The van der Waals surface area contributed by atoms with E-state index in [1.54, 1.807) is 6.92 Å². The molecule has 72 valence electrons. The summed E-state index contributed by atoms with van der Waals surface area (Å²) in [5, 5.41) is 27.7. The molecule has 0 bridgehead atoms. The fourth-order valence-corrected chi connectivity index (χ4v) is 1.35. The fourth-order valence-electron chi connectivity index (χ4n) is 1.13. The molecule has 1 heterocycles. The summed E-state index contributed by atoms with van der Waals surface area (Å²) in [6, 6.07) is 0. The second-order valence-corrected chi connectivity index (χ2v) is 3.09. The maximum atomic E-state index is 9.25. The third-order valence-electron chi connectivity index (χ3n) is 1.94. The molecule has 0 amide bonds. The van der Waals surface area contributed by atoms with Crippen LogP contribution in [0.5, 0.6) is 0 Å². The van der Waals surface area contributed by atoms with E-state index in [0.29, 0.717) is 0 Å². The Morgan fingerprint density at radius 2 is 1.75 bits per heavy atom. The topological polar surface area (TPSA) is 79.2 Å². The number of rotatable bonds is 1. The predicted molar refractivity (Wildman–Crippen MR) is 43.2 cm³/mol. The van der Waals surface area contributed by atoms with Crippen LogP contribution < -0.4 is 0 Å². The summed E-state index contributed by atoms with van der Waals surface area (Å²) < 4.78 is 9.69. The van der Waals surface area contributed by atoms with Gasteiger partial charge in [0, 0.05) is 9.47 Å². The zero-order chi connectivity index (χ0) is 9.30. The van der Waals surface area contributed by atoms with Crippen LogP contribution >= 0.6 is 9.47 Å². The van der Waals surface area contributed by atoms with Gasteiger partial charge in [0.2, 0.25) is 0 Å². The standard InChI is InChI=1S/C6H13O5P/c1-2-3(7)4(8)5(9)6(10-2)11-12/h2-9H,12H2,1H3/t2?,3?,4?,5?,6-/m1/s1. The Labute approximate surface area is 72.6 Å². The molecule has 6 atom stereocenters. The van der Waals surface area contributed by atoms with Crippen LogP contribution in [0.25, 0.3) is 0 Å². The molecule has 3 N–H and O–H groups in total. The average Bonchev–Trinajstić information content (AvgIpc) is 2.08. The van der Waals surface area contributed by atoms with Crippen LogP contribution in [0.2, 0.25) is 0 Å². The Bertz CT molecular complexity index is 150. The highest BCUT2D eigenvalue weighted by Gasteiger charge is 2.41. The van der Waals surface area contributed by atoms with E-state index in [-0.39, 0.29) is 0 Å². The van der Waals surface area contributed by atoms with Crippen molar-refractivity contribution in [3.05, 3.63) is 0 Å². The minimum absolute atomic E-state index is 0.547. The Kier molecular flexibility index (Phi) is 3.40. The molecule has 5 unspecified atom stereocenters. The molecular formula is C6H13O5P. The highest BCUT2D eigenvalue weighted by atomic mass is 31.0. The molecular weight excluding hydrogens is 183 g/mol. The SMILES string of the molecule is CC1O[C@H](OP)C(O)C(O)C1O. The van der Waals surface area contributed by atoms with Crippen LogP contribution in [0.3, 0.4) is 0 Å². The first-order chi connectivity index (χ1) is 5.57. The second kappa shape index (κ2) is 3.96. The van der Waals surface area contributed by atoms with Crippen LogP contribution in [0.1, 0.15) is 6.92 Å². The lowest BCUT2D eigenvalue weighted by atomic mass is 10.0. The van der Waals surface area contributed by atoms with Gasteiger partial charge in [-0.05, 0) is 6.92 Å². The lowest BCUT2D eigenvalue weighted by Gasteiger charge is -2.38. The number of hydrogen-bond acceptors (Lipinski definition) is 5. The van der Waals surface area contributed by atoms with Crippen molar-refractivity contribution in [2.45, 2.75) is 37.6 Å². The summed E-state index contributed by atoms with van der Waals surface area (Å²) in [6.07, 6.45) is -4.96. The Hall–Kier alpha value is 0.230. The molecule has 0 aromatic rings. The normalized spacial score (nSPS) is 49.2. The molecule has 6 heteroatoms. The summed E-state index contributed by atoms with van der Waals surface area (Å²) in [4.78, 5) is 0. The van der Waals surface area contributed by atoms with Crippen molar-refractivity contribution in [1.82, 2.24) is 0 Å². The van der Waals surface area contributed by atoms with Crippen molar-refractivity contribution >= 4 is 9.47 Å². The van der Waals surface area contributed by atoms with Crippen molar-refractivity contribution in [2.24, 2.45) is 0 Å². The smallest absolute Gasteiger partial charge is 0.189 e. The molecule has 1 fully saturated rings. The second-order valence-electron chi connectivity index (χ2n) is 2.82. The predicted octanol–water partition coefficient (Wildman–Crippen LogP) is -1.38. The molecule has 0 aromatic heterocycles. The molecule has 12 heavy (non-hydrogen) atoms. The zero-order valence-electron chi connectivity index (χ0n) is 6.62. The Balaban J connectivity index is 2.63. The van der Waals surface area contributed by atoms with Crippen LogP contribution in [-0.4, -0.2) is 46.0 Å². The molecule has 5 nitrogen and oxygen atoms in total. The summed E-state index contributed by atoms with van der Waals surface area (Å²) in [6.45, 7) is 1.59. The van der Waals surface area contributed by atoms with E-state index in [9.17, 15) is 15.3 Å². The lowest BCUT2D eigenvalue weighted by Crippen LogP contribution is -2.56. The van der Waals surface area contributed by atoms with Crippen LogP contribution in [-0.2, 0) is 9.26 Å². The summed E-state index contributed by atoms with van der Waals surface area (Å²) >= 11 is 0. The first kappa shape index (κ1) is 10.3. The molecule has 0 saturated carbocycles. The minimum atomic E-state index is -1.22. The van der Waals surface area contributed by atoms with E-state index < -0.39 is 30.7 Å². The van der Waals surface area contributed by atoms with Gasteiger partial charge in [0.25, 0.3) is 0 Å². The van der Waals surface area contributed by atoms with E-state index in [4.69, 9.17) is 4.74 Å². The maximum absolute atomic E-state index is 9.25. The third kappa shape index (κ3) is 1.76. The molecule has 1 rings (SSSR count). The molecule has 0 spiro atoms. The molecule has 1 aliphatic rings. The Morgan fingerprint density at radius 1 is 1.17 bits per heavy atom. The van der Waals surface area contributed by atoms with Gasteiger partial charge in [-0.1, -0.05) is 0 Å². The van der Waals surface area contributed by atoms with E-state index in [2.05, 4.69) is 4.52 Å². The van der Waals surface area contributed by atoms with Gasteiger partial charge in [0.1, 0.15) is 18.3 Å². The maximum Gasteiger partial charge on any atom is 0.189 e. The molecule has 0 aliphatic carbocycles. The van der Waals surface area contributed by atoms with Gasteiger partial charge in [-0.25, -0.2) is 0 Å². The summed E-state index contributed by atoms with van der Waals surface area (Å²) in [5.41, 5.74) is 0. The fraction of sp³-hybridized carbons (Fsp3) is 1.00. The van der Waals surface area contributed by atoms with E-state index in [0.717, 1.165) is 0 Å². The Morgan fingerprint density at radius 3 is 2.25 bits per heavy atom. The van der Waals surface area contributed by atoms with Gasteiger partial charge < -0.3 is 24.6 Å². The van der Waals surface area contributed by atoms with Crippen LogP contribution in [0.15, 0.2) is 0 Å². The van der Waals surface area contributed by atoms with Crippen LogP contribution in [0.4, 0.5) is 0 Å². The quantitative estimate of drug-likeness (QED) is 0.450. The van der Waals surface area contributed by atoms with Gasteiger partial charge in [0.05, 0.1) is 6.10 Å². The van der Waals surface area contributed by atoms with Crippen molar-refractivity contribution in [3.63, 3.8) is 0 Å². The van der Waals surface area contributed by atoms with E-state index in [1.807, 2.05) is 9.47 Å². The monoisotopic (exact) mass is 196 g/mol. The molecule has 0 radical (unpaired) electrons. The first-order valence-electron chi connectivity index (χ1n) is 3.63. The number of hydrogen-bond donors (Lipinski definition) is 3. The summed E-state index contributed by atoms with van der Waals surface area (Å²) in [7, 11) is 1.94. The van der Waals surface area contributed by atoms with Gasteiger partial charge in [-0.2, -0.15) is 0 Å². The van der Waals surface area contributed by atoms with Gasteiger partial charge in [0.15, 0.2) is 6.29 Å². The van der Waals surface area contributed by atoms with Crippen molar-refractivity contribution in [3.8, 4) is 0 Å². The van der Waals surface area contributed by atoms with Crippen LogP contribution in [0, 0.1) is 0 Å². The van der Waals surface area contributed by atoms with Crippen molar-refractivity contribution in [1.29, 1.82) is 0 Å². The van der Waals surface area contributed by atoms with Gasteiger partial charge in [-0.3, -0.25) is 0 Å². The van der Waals surface area contributed by atoms with Gasteiger partial charge >= 0.3 is 0 Å². The minimum Gasteiger partial charge on any atom is -0.388 e. The lowest BCUT2D eigenvalue weighted by molar-refractivity contribution is -0.265. The highest BCUT2D eigenvalue weighted by molar-refractivity contribution is 7.09. The highest BCUT2D eigenvalue weighted by Crippen LogP contribution is 2.22. The van der Waals surface area contributed by atoms with Crippen molar-refractivity contribution in [2.75, 3.05) is 0 Å². The third-order valence-corrected chi connectivity index (χ3v) is 2.21. The largest absolute Gasteiger partial charge is 0.388 e. The summed E-state index contributed by atoms with van der Waals surface area (Å²) in [5.74, 6) is 0. The van der Waals surface area contributed by atoms with Crippen molar-refractivity contribution < 1.29 is 24.6 Å². The van der Waals surface area contributed by atoms with Gasteiger partial charge in [-0.15, -0.1) is 0 Å². The van der Waals surface area contributed by atoms with E-state index >= 15 is 0 Å². The number of aliphatic hydroxyl groups excluding tert-OH is 3. The first-order valence-corrected chi connectivity index (χ1v) is 4.10. The average molecular weight is 196 g/mol. The molecule has 0 aromatic carbocycles. The molecule has 1 saturated heterocycles. The number of ether oxygens (including phenoxy) is 1.